The molecule has 0 saturated carbocycles. The van der Waals surface area contributed by atoms with Gasteiger partial charge in [-0.3, -0.25) is 9.59 Å². The number of fused-ring (bicyclic) bond motifs is 1. The standard InChI is InChI=1S/C17H18N2O4/c1-12(20)18-7-4-8-19(10-9-18)16(21)14-11-13-5-2-3-6-15(13)23-17(14)22/h2-3,5-6,11H,4,7-10H2,1H3. The van der Waals surface area contributed by atoms with E-state index in [1.165, 1.54) is 6.92 Å². The van der Waals surface area contributed by atoms with Crippen LogP contribution in [0, 0.1) is 0 Å². The predicted molar refractivity (Wildman–Crippen MR) is 85.3 cm³/mol. The first-order chi connectivity index (χ1) is 11.1. The fraction of sp³-hybridized carbons (Fsp3) is 0.353. The third kappa shape index (κ3) is 3.11. The van der Waals surface area contributed by atoms with Gasteiger partial charge in [-0.1, -0.05) is 18.2 Å². The van der Waals surface area contributed by atoms with Crippen LogP contribution in [0.1, 0.15) is 23.7 Å². The summed E-state index contributed by atoms with van der Waals surface area (Å²) in [5.41, 5.74) is -0.117. The van der Waals surface area contributed by atoms with Gasteiger partial charge in [0.1, 0.15) is 11.1 Å². The quantitative estimate of drug-likeness (QED) is 0.748. The number of benzene rings is 1. The molecule has 1 saturated heterocycles. The SMILES string of the molecule is CC(=O)N1CCCN(C(=O)c2cc3ccccc3oc2=O)CC1. The second-order valence-electron chi connectivity index (χ2n) is 5.64. The van der Waals surface area contributed by atoms with E-state index in [1.54, 1.807) is 34.1 Å². The van der Waals surface area contributed by atoms with Crippen molar-refractivity contribution in [1.29, 1.82) is 0 Å². The Hall–Kier alpha value is -2.63. The van der Waals surface area contributed by atoms with Gasteiger partial charge in [0, 0.05) is 38.5 Å². The molecular weight excluding hydrogens is 296 g/mol. The summed E-state index contributed by atoms with van der Waals surface area (Å²) in [7, 11) is 0. The number of carbonyl (C=O) groups excluding carboxylic acids is 2. The summed E-state index contributed by atoms with van der Waals surface area (Å²) in [5.74, 6) is -0.334. The molecule has 2 aromatic rings. The molecule has 3 rings (SSSR count). The molecule has 0 radical (unpaired) electrons. The van der Waals surface area contributed by atoms with Gasteiger partial charge in [0.25, 0.3) is 5.91 Å². The molecular formula is C17H18N2O4. The fourth-order valence-electron chi connectivity index (χ4n) is 2.82. The van der Waals surface area contributed by atoms with Gasteiger partial charge in [0.15, 0.2) is 0 Å². The van der Waals surface area contributed by atoms with Gasteiger partial charge in [-0.25, -0.2) is 4.79 Å². The van der Waals surface area contributed by atoms with Crippen molar-refractivity contribution in [2.75, 3.05) is 26.2 Å². The minimum Gasteiger partial charge on any atom is -0.422 e. The van der Waals surface area contributed by atoms with Crippen LogP contribution in [0.4, 0.5) is 0 Å². The summed E-state index contributed by atoms with van der Waals surface area (Å²) in [5, 5.41) is 0.718. The number of amides is 2. The lowest BCUT2D eigenvalue weighted by Crippen LogP contribution is -2.38. The number of carbonyl (C=O) groups is 2. The molecule has 0 unspecified atom stereocenters. The Bertz CT molecular complexity index is 812. The van der Waals surface area contributed by atoms with Gasteiger partial charge in [0.05, 0.1) is 0 Å². The van der Waals surface area contributed by atoms with Gasteiger partial charge in [-0.05, 0) is 18.6 Å². The summed E-state index contributed by atoms with van der Waals surface area (Å²) in [6, 6.07) is 8.68. The zero-order valence-electron chi connectivity index (χ0n) is 12.9. The van der Waals surface area contributed by atoms with Crippen LogP contribution < -0.4 is 5.63 Å². The first-order valence-electron chi connectivity index (χ1n) is 7.64. The van der Waals surface area contributed by atoms with Crippen LogP contribution in [0.5, 0.6) is 0 Å². The number of para-hydroxylation sites is 1. The molecule has 0 bridgehead atoms. The van der Waals surface area contributed by atoms with Crippen molar-refractivity contribution in [3.8, 4) is 0 Å². The van der Waals surface area contributed by atoms with E-state index in [0.29, 0.717) is 38.2 Å². The zero-order valence-corrected chi connectivity index (χ0v) is 12.9. The third-order valence-corrected chi connectivity index (χ3v) is 4.10. The molecule has 1 aromatic carbocycles. The maximum Gasteiger partial charge on any atom is 0.349 e. The van der Waals surface area contributed by atoms with Crippen molar-refractivity contribution in [2.45, 2.75) is 13.3 Å². The highest BCUT2D eigenvalue weighted by Crippen LogP contribution is 2.14. The van der Waals surface area contributed by atoms with Gasteiger partial charge in [0.2, 0.25) is 5.91 Å². The molecule has 1 aromatic heterocycles. The van der Waals surface area contributed by atoms with E-state index >= 15 is 0 Å². The lowest BCUT2D eigenvalue weighted by Gasteiger charge is -2.21. The molecule has 1 fully saturated rings. The van der Waals surface area contributed by atoms with Gasteiger partial charge >= 0.3 is 5.63 Å². The molecule has 2 heterocycles. The molecule has 2 amide bonds. The predicted octanol–water partition coefficient (Wildman–Crippen LogP) is 1.49. The maximum atomic E-state index is 12.7. The Morgan fingerprint density at radius 1 is 1.04 bits per heavy atom. The highest BCUT2D eigenvalue weighted by molar-refractivity contribution is 5.96. The van der Waals surface area contributed by atoms with E-state index in [4.69, 9.17) is 4.42 Å². The number of rotatable bonds is 1. The average Bonchev–Trinajstić information content (AvgIpc) is 2.79. The van der Waals surface area contributed by atoms with E-state index in [0.717, 1.165) is 5.39 Å². The Morgan fingerprint density at radius 2 is 1.74 bits per heavy atom. The van der Waals surface area contributed by atoms with Crippen LogP contribution in [0.2, 0.25) is 0 Å². The van der Waals surface area contributed by atoms with Gasteiger partial charge < -0.3 is 14.2 Å². The first-order valence-corrected chi connectivity index (χ1v) is 7.64. The Morgan fingerprint density at radius 3 is 2.52 bits per heavy atom. The van der Waals surface area contributed by atoms with Crippen molar-refractivity contribution in [2.24, 2.45) is 0 Å². The molecule has 0 N–H and O–H groups in total. The first kappa shape index (κ1) is 15.3. The van der Waals surface area contributed by atoms with E-state index in [2.05, 4.69) is 0 Å². The summed E-state index contributed by atoms with van der Waals surface area (Å²) in [6.07, 6.45) is 0.699. The highest BCUT2D eigenvalue weighted by Gasteiger charge is 2.24. The van der Waals surface area contributed by atoms with Crippen LogP contribution in [0.3, 0.4) is 0 Å². The van der Waals surface area contributed by atoms with Crippen molar-refractivity contribution in [3.05, 3.63) is 46.3 Å². The van der Waals surface area contributed by atoms with E-state index in [1.807, 2.05) is 6.07 Å². The van der Waals surface area contributed by atoms with Gasteiger partial charge in [-0.2, -0.15) is 0 Å². The van der Waals surface area contributed by atoms with Crippen molar-refractivity contribution >= 4 is 22.8 Å². The van der Waals surface area contributed by atoms with E-state index in [9.17, 15) is 14.4 Å². The van der Waals surface area contributed by atoms with Crippen molar-refractivity contribution in [1.82, 2.24) is 9.80 Å². The van der Waals surface area contributed by atoms with E-state index < -0.39 is 5.63 Å². The summed E-state index contributed by atoms with van der Waals surface area (Å²) < 4.78 is 5.23. The summed E-state index contributed by atoms with van der Waals surface area (Å²) in [6.45, 7) is 3.58. The average molecular weight is 314 g/mol. The number of hydrogen-bond donors (Lipinski definition) is 0. The molecule has 120 valence electrons. The van der Waals surface area contributed by atoms with Crippen molar-refractivity contribution in [3.63, 3.8) is 0 Å². The molecule has 6 heteroatoms. The Kier molecular flexibility index (Phi) is 4.14. The molecule has 1 aliphatic heterocycles. The number of hydrogen-bond acceptors (Lipinski definition) is 4. The second-order valence-corrected chi connectivity index (χ2v) is 5.64. The Labute approximate surface area is 133 Å². The van der Waals surface area contributed by atoms with Gasteiger partial charge in [-0.15, -0.1) is 0 Å². The normalized spacial score (nSPS) is 15.5. The Balaban J connectivity index is 1.87. The van der Waals surface area contributed by atoms with Crippen LogP contribution in [-0.2, 0) is 4.79 Å². The largest absolute Gasteiger partial charge is 0.422 e. The molecule has 23 heavy (non-hydrogen) atoms. The van der Waals surface area contributed by atoms with Crippen LogP contribution in [0.25, 0.3) is 11.0 Å². The van der Waals surface area contributed by atoms with Crippen LogP contribution >= 0.6 is 0 Å². The third-order valence-electron chi connectivity index (χ3n) is 4.10. The zero-order chi connectivity index (χ0) is 16.4. The molecule has 0 aliphatic carbocycles. The fourth-order valence-corrected chi connectivity index (χ4v) is 2.82. The summed E-state index contributed by atoms with van der Waals surface area (Å²) >= 11 is 0. The summed E-state index contributed by atoms with van der Waals surface area (Å²) in [4.78, 5) is 39.5. The molecule has 0 spiro atoms. The minimum absolute atomic E-state index is 0.00418. The maximum absolute atomic E-state index is 12.7. The lowest BCUT2D eigenvalue weighted by atomic mass is 10.1. The van der Waals surface area contributed by atoms with Crippen LogP contribution in [-0.4, -0.2) is 47.8 Å². The topological polar surface area (TPSA) is 70.8 Å². The molecule has 0 atom stereocenters. The van der Waals surface area contributed by atoms with Crippen LogP contribution in [0.15, 0.2) is 39.5 Å². The highest BCUT2D eigenvalue weighted by atomic mass is 16.4. The van der Waals surface area contributed by atoms with Crippen molar-refractivity contribution < 1.29 is 14.0 Å². The molecule has 1 aliphatic rings. The smallest absolute Gasteiger partial charge is 0.349 e. The monoisotopic (exact) mass is 314 g/mol. The second kappa shape index (κ2) is 6.24. The molecule has 6 nitrogen and oxygen atoms in total. The number of nitrogens with zero attached hydrogens (tertiary/aromatic N) is 2. The lowest BCUT2D eigenvalue weighted by molar-refractivity contribution is -0.128. The van der Waals surface area contributed by atoms with E-state index in [-0.39, 0.29) is 17.4 Å². The minimum atomic E-state index is -0.624.